The number of nitrogens with one attached hydrogen (secondary N) is 1. The van der Waals surface area contributed by atoms with E-state index in [4.69, 9.17) is 18.9 Å². The number of hydrogen-bond donors (Lipinski definition) is 1. The van der Waals surface area contributed by atoms with E-state index in [1.807, 2.05) is 0 Å². The van der Waals surface area contributed by atoms with Crippen LogP contribution in [-0.2, 0) is 30.8 Å². The van der Waals surface area contributed by atoms with Crippen molar-refractivity contribution in [2.75, 3.05) is 32.2 Å². The fourth-order valence-corrected chi connectivity index (χ4v) is 4.48. The highest BCUT2D eigenvalue weighted by molar-refractivity contribution is 7.92. The minimum atomic E-state index is -3.95. The van der Waals surface area contributed by atoms with Gasteiger partial charge in [0.2, 0.25) is 0 Å². The second-order valence-electron chi connectivity index (χ2n) is 7.04. The number of nitrogens with zero attached hydrogens (tertiary/aromatic N) is 1. The summed E-state index contributed by atoms with van der Waals surface area (Å²) < 4.78 is 50.3. The van der Waals surface area contributed by atoms with Crippen LogP contribution in [0.15, 0.2) is 47.4 Å². The molecule has 0 spiro atoms. The molecule has 3 aromatic rings. The van der Waals surface area contributed by atoms with Gasteiger partial charge in [-0.05, 0) is 50.2 Å². The van der Waals surface area contributed by atoms with Crippen molar-refractivity contribution in [3.05, 3.63) is 48.2 Å². The van der Waals surface area contributed by atoms with Crippen LogP contribution in [0.25, 0.3) is 10.9 Å². The van der Waals surface area contributed by atoms with Crippen molar-refractivity contribution in [3.8, 4) is 11.5 Å². The Balaban J connectivity index is 1.98. The first-order valence-electron chi connectivity index (χ1n) is 10.4. The van der Waals surface area contributed by atoms with Crippen molar-refractivity contribution < 1.29 is 37.0 Å². The molecule has 0 aliphatic carbocycles. The van der Waals surface area contributed by atoms with Crippen molar-refractivity contribution in [1.29, 1.82) is 0 Å². The smallest absolute Gasteiger partial charge is 0.354 e. The number of esters is 2. The number of benzene rings is 2. The summed E-state index contributed by atoms with van der Waals surface area (Å²) in [6.45, 7) is 3.54. The number of carbonyl (C=O) groups excluding carboxylic acids is 2. The normalized spacial score (nSPS) is 11.2. The maximum atomic E-state index is 12.9. The second-order valence-corrected chi connectivity index (χ2v) is 8.72. The zero-order valence-corrected chi connectivity index (χ0v) is 20.1. The molecule has 0 aliphatic rings. The van der Waals surface area contributed by atoms with Gasteiger partial charge in [0.05, 0.1) is 32.3 Å². The summed E-state index contributed by atoms with van der Waals surface area (Å²) in [6, 6.07) is 10.5. The monoisotopic (exact) mass is 490 g/mol. The molecule has 10 nitrogen and oxygen atoms in total. The number of fused-ring (bicyclic) bond motifs is 1. The summed E-state index contributed by atoms with van der Waals surface area (Å²) in [5.74, 6) is -0.438. The lowest BCUT2D eigenvalue weighted by molar-refractivity contribution is -0.143. The molecular formula is C23H26N2O8S. The van der Waals surface area contributed by atoms with E-state index in [-0.39, 0.29) is 41.8 Å². The van der Waals surface area contributed by atoms with Gasteiger partial charge in [0.1, 0.15) is 12.2 Å². The van der Waals surface area contributed by atoms with E-state index in [1.54, 1.807) is 32.0 Å². The van der Waals surface area contributed by atoms with E-state index in [0.29, 0.717) is 16.7 Å². The fraction of sp³-hybridized carbons (Fsp3) is 0.304. The molecule has 0 amide bonds. The molecule has 34 heavy (non-hydrogen) atoms. The molecule has 0 fully saturated rings. The number of rotatable bonds is 10. The average Bonchev–Trinajstić information content (AvgIpc) is 3.16. The first kappa shape index (κ1) is 24.9. The molecule has 1 heterocycles. The van der Waals surface area contributed by atoms with Crippen LogP contribution in [0.5, 0.6) is 11.5 Å². The number of aromatic nitrogens is 1. The highest BCUT2D eigenvalue weighted by atomic mass is 32.2. The molecule has 0 bridgehead atoms. The zero-order chi connectivity index (χ0) is 24.9. The Morgan fingerprint density at radius 1 is 0.912 bits per heavy atom. The van der Waals surface area contributed by atoms with E-state index in [1.165, 1.54) is 43.1 Å². The Morgan fingerprint density at radius 2 is 1.62 bits per heavy atom. The van der Waals surface area contributed by atoms with E-state index in [9.17, 15) is 18.0 Å². The number of methoxy groups -OCH3 is 2. The molecule has 0 unspecified atom stereocenters. The van der Waals surface area contributed by atoms with Crippen molar-refractivity contribution in [3.63, 3.8) is 0 Å². The van der Waals surface area contributed by atoms with Gasteiger partial charge in [0.15, 0.2) is 11.5 Å². The minimum Gasteiger partial charge on any atom is -0.493 e. The number of ether oxygens (including phenoxy) is 4. The lowest BCUT2D eigenvalue weighted by Gasteiger charge is -2.12. The van der Waals surface area contributed by atoms with Crippen LogP contribution in [-0.4, -0.2) is 52.4 Å². The Labute approximate surface area is 197 Å². The second kappa shape index (κ2) is 10.5. The van der Waals surface area contributed by atoms with Crippen LogP contribution in [0, 0.1) is 0 Å². The third-order valence-corrected chi connectivity index (χ3v) is 6.27. The maximum Gasteiger partial charge on any atom is 0.354 e. The van der Waals surface area contributed by atoms with Gasteiger partial charge in [-0.3, -0.25) is 9.52 Å². The van der Waals surface area contributed by atoms with Gasteiger partial charge in [-0.2, -0.15) is 0 Å². The molecule has 0 atom stereocenters. The molecule has 2 aromatic carbocycles. The number of carbonyl (C=O) groups is 2. The Morgan fingerprint density at radius 3 is 2.26 bits per heavy atom. The highest BCUT2D eigenvalue weighted by Crippen LogP contribution is 2.31. The molecular weight excluding hydrogens is 464 g/mol. The van der Waals surface area contributed by atoms with E-state index in [2.05, 4.69) is 4.72 Å². The Bertz CT molecular complexity index is 1310. The summed E-state index contributed by atoms with van der Waals surface area (Å²) >= 11 is 0. The predicted molar refractivity (Wildman–Crippen MR) is 125 cm³/mol. The van der Waals surface area contributed by atoms with Crippen molar-refractivity contribution >= 4 is 38.6 Å². The van der Waals surface area contributed by atoms with Crippen LogP contribution in [0.4, 0.5) is 5.69 Å². The van der Waals surface area contributed by atoms with Crippen molar-refractivity contribution in [1.82, 2.24) is 4.57 Å². The zero-order valence-electron chi connectivity index (χ0n) is 19.3. The van der Waals surface area contributed by atoms with Crippen LogP contribution in [0.1, 0.15) is 24.3 Å². The van der Waals surface area contributed by atoms with Crippen LogP contribution in [0.2, 0.25) is 0 Å². The van der Waals surface area contributed by atoms with Gasteiger partial charge in [-0.15, -0.1) is 0 Å². The largest absolute Gasteiger partial charge is 0.493 e. The molecule has 182 valence electrons. The molecule has 0 saturated carbocycles. The van der Waals surface area contributed by atoms with Crippen molar-refractivity contribution in [2.45, 2.75) is 25.3 Å². The van der Waals surface area contributed by atoms with Crippen LogP contribution in [0.3, 0.4) is 0 Å². The lowest BCUT2D eigenvalue weighted by Crippen LogP contribution is -2.18. The van der Waals surface area contributed by atoms with E-state index in [0.717, 1.165) is 0 Å². The number of sulfonamides is 1. The fourth-order valence-electron chi connectivity index (χ4n) is 3.41. The summed E-state index contributed by atoms with van der Waals surface area (Å²) in [6.07, 6.45) is 0. The highest BCUT2D eigenvalue weighted by Gasteiger charge is 2.21. The maximum absolute atomic E-state index is 12.9. The average molecular weight is 491 g/mol. The lowest BCUT2D eigenvalue weighted by atomic mass is 10.2. The molecule has 3 rings (SSSR count). The first-order valence-corrected chi connectivity index (χ1v) is 11.9. The number of anilines is 1. The van der Waals surface area contributed by atoms with Crippen molar-refractivity contribution in [2.24, 2.45) is 0 Å². The molecule has 0 saturated heterocycles. The van der Waals surface area contributed by atoms with Gasteiger partial charge >= 0.3 is 11.9 Å². The quantitative estimate of drug-likeness (QED) is 0.430. The summed E-state index contributed by atoms with van der Waals surface area (Å²) in [5, 5.41) is 0.542. The molecule has 1 N–H and O–H groups in total. The third-order valence-electron chi connectivity index (χ3n) is 4.90. The minimum absolute atomic E-state index is 0.0164. The molecule has 11 heteroatoms. The molecule has 1 aromatic heterocycles. The van der Waals surface area contributed by atoms with Gasteiger partial charge in [0, 0.05) is 22.7 Å². The topological polar surface area (TPSA) is 122 Å². The molecule has 0 aliphatic heterocycles. The SMILES string of the molecule is CCOC(=O)Cn1c(C(=O)OCC)cc2cc(NS(=O)(=O)c3ccc(OC)c(OC)c3)ccc21. The van der Waals surface area contributed by atoms with Gasteiger partial charge in [-0.25, -0.2) is 13.2 Å². The van der Waals surface area contributed by atoms with Gasteiger partial charge < -0.3 is 23.5 Å². The summed E-state index contributed by atoms with van der Waals surface area (Å²) in [5.41, 5.74) is 0.973. The first-order chi connectivity index (χ1) is 16.2. The summed E-state index contributed by atoms with van der Waals surface area (Å²) in [4.78, 5) is 24.5. The standard InChI is InChI=1S/C23H26N2O8S/c1-5-32-22(26)14-25-18-9-7-16(11-15(18)12-19(25)23(27)33-6-2)24-34(28,29)17-8-10-20(30-3)21(13-17)31-4/h7-13,24H,5-6,14H2,1-4H3. The summed E-state index contributed by atoms with van der Waals surface area (Å²) in [7, 11) is -1.08. The number of hydrogen-bond acceptors (Lipinski definition) is 8. The Hall–Kier alpha value is -3.73. The van der Waals surface area contributed by atoms with Gasteiger partial charge in [-0.1, -0.05) is 0 Å². The van der Waals surface area contributed by atoms with E-state index < -0.39 is 22.0 Å². The third kappa shape index (κ3) is 5.25. The molecule has 0 radical (unpaired) electrons. The predicted octanol–water partition coefficient (Wildman–Crippen LogP) is 3.20. The van der Waals surface area contributed by atoms with E-state index >= 15 is 0 Å². The Kier molecular flexibility index (Phi) is 7.67. The van der Waals surface area contributed by atoms with Gasteiger partial charge in [0.25, 0.3) is 10.0 Å². The van der Waals surface area contributed by atoms with Crippen LogP contribution < -0.4 is 14.2 Å². The van der Waals surface area contributed by atoms with Crippen LogP contribution >= 0.6 is 0 Å².